The quantitative estimate of drug-likeness (QED) is 0.0703. The first kappa shape index (κ1) is 56.2. The highest BCUT2D eigenvalue weighted by atomic mass is 16.6. The number of carboxylic acid groups (broad SMARTS) is 1. The fourth-order valence-electron chi connectivity index (χ4n) is 5.96. The summed E-state index contributed by atoms with van der Waals surface area (Å²) in [6.07, 6.45) is -1.52. The lowest BCUT2D eigenvalue weighted by Gasteiger charge is -2.41. The second-order valence-corrected chi connectivity index (χ2v) is 15.1. The van der Waals surface area contributed by atoms with Crippen LogP contribution in [0.4, 0.5) is 0 Å². The fourth-order valence-corrected chi connectivity index (χ4v) is 5.96. The van der Waals surface area contributed by atoms with Gasteiger partial charge in [0.15, 0.2) is 0 Å². The van der Waals surface area contributed by atoms with Crippen LogP contribution in [0.5, 0.6) is 0 Å². The number of hydrogen-bond acceptors (Lipinski definition) is 11. The molecule has 5 atom stereocenters. The van der Waals surface area contributed by atoms with Gasteiger partial charge in [0.05, 0.1) is 40.8 Å². The molecule has 1 aromatic carbocycles. The molecule has 1 aromatic rings. The molecule has 0 aliphatic rings. The zero-order valence-electron chi connectivity index (χ0n) is 31.0. The summed E-state index contributed by atoms with van der Waals surface area (Å²) in [5.41, 5.74) is -4.52. The Kier molecular flexibility index (Phi) is 26.2. The molecule has 0 saturated heterocycles. The van der Waals surface area contributed by atoms with E-state index < -0.39 is 69.6 Å². The lowest BCUT2D eigenvalue weighted by molar-refractivity contribution is -0.175. The van der Waals surface area contributed by atoms with E-state index in [0.717, 1.165) is 0 Å². The highest BCUT2D eigenvalue weighted by Crippen LogP contribution is 2.48. The molecule has 2 N–H and O–H groups in total. The zero-order chi connectivity index (χ0) is 37.6. The van der Waals surface area contributed by atoms with Gasteiger partial charge in [-0.1, -0.05) is 67.0 Å². The monoisotopic (exact) mass is 759 g/mol. The average Bonchev–Trinajstić information content (AvgIpc) is 2.99. The third kappa shape index (κ3) is 19.4. The summed E-state index contributed by atoms with van der Waals surface area (Å²) in [5.74, 6) is -5.90. The van der Waals surface area contributed by atoms with Gasteiger partial charge >= 0.3 is 29.8 Å². The topological polar surface area (TPSA) is 172 Å². The van der Waals surface area contributed by atoms with E-state index in [9.17, 15) is 34.2 Å². The minimum Gasteiger partial charge on any atom is -0.481 e. The molecule has 0 radical (unpaired) electrons. The predicted molar refractivity (Wildman–Crippen MR) is 208 cm³/mol. The average molecular weight is 759 g/mol. The molecule has 5 unspecified atom stereocenters. The molecule has 0 aliphatic heterocycles. The molecule has 12 heteroatoms. The molecule has 1 rings (SSSR count). The van der Waals surface area contributed by atoms with Crippen molar-refractivity contribution in [3.8, 4) is 0 Å². The van der Waals surface area contributed by atoms with Gasteiger partial charge in [0.1, 0.15) is 25.4 Å². The summed E-state index contributed by atoms with van der Waals surface area (Å²) in [6.45, 7) is 14.3. The van der Waals surface area contributed by atoms with Crippen molar-refractivity contribution >= 4 is 29.8 Å². The van der Waals surface area contributed by atoms with Gasteiger partial charge in [-0.15, -0.1) is 0 Å². The maximum atomic E-state index is 14.2. The summed E-state index contributed by atoms with van der Waals surface area (Å²) in [7, 11) is 1.44. The van der Waals surface area contributed by atoms with Gasteiger partial charge in [0, 0.05) is 7.11 Å². The number of aliphatic hydroxyl groups excluding tert-OH is 1. The standard InChI is InChI=1S/C37H58O12.4CH4/c1-11-27(29(39)40)19-28(30(41)46-18-17-45-10)20-36(8,32(43)48-22-26-15-13-12-14-16-26)24-37(9,33(44)47-21-25(2)38)23-35(6,7)31(42)49-34(3,4)5;;;;/h12-16,25,27-28,38H,11,17-24H2,1-10H3,(H,39,40);4*1H4. The van der Waals surface area contributed by atoms with E-state index in [-0.39, 0.29) is 88.2 Å². The fraction of sp³-hybridized carbons (Fsp3) is 0.732. The highest BCUT2D eigenvalue weighted by Gasteiger charge is 2.52. The first-order valence-corrected chi connectivity index (χ1v) is 16.8. The van der Waals surface area contributed by atoms with Crippen LogP contribution >= 0.6 is 0 Å². The second kappa shape index (κ2) is 24.7. The van der Waals surface area contributed by atoms with Gasteiger partial charge < -0.3 is 33.9 Å². The van der Waals surface area contributed by atoms with Crippen LogP contribution in [0.15, 0.2) is 30.3 Å². The Hall–Kier alpha value is -3.51. The molecule has 0 aromatic heterocycles. The lowest BCUT2D eigenvalue weighted by atomic mass is 9.63. The van der Waals surface area contributed by atoms with Crippen molar-refractivity contribution in [2.24, 2.45) is 28.1 Å². The van der Waals surface area contributed by atoms with Crippen molar-refractivity contribution < 1.29 is 57.9 Å². The highest BCUT2D eigenvalue weighted by molar-refractivity contribution is 5.83. The van der Waals surface area contributed by atoms with Crippen LogP contribution in [0.25, 0.3) is 0 Å². The number of aliphatic carboxylic acids is 1. The molecule has 0 fully saturated rings. The molecule has 0 heterocycles. The van der Waals surface area contributed by atoms with E-state index in [1.165, 1.54) is 14.0 Å². The Balaban J connectivity index is -0.00000300. The largest absolute Gasteiger partial charge is 0.481 e. The second-order valence-electron chi connectivity index (χ2n) is 15.1. The smallest absolute Gasteiger partial charge is 0.312 e. The molecule has 0 spiro atoms. The number of aliphatic hydroxyl groups is 1. The van der Waals surface area contributed by atoms with Crippen LogP contribution in [0, 0.1) is 28.1 Å². The van der Waals surface area contributed by atoms with Gasteiger partial charge in [-0.05, 0) is 93.1 Å². The SMILES string of the molecule is C.C.C.C.CCC(CC(CC(C)(CC(C)(CC(C)(C)C(=O)OC(C)(C)C)C(=O)OCC(C)O)C(=O)OCc1ccccc1)C(=O)OCCOC)C(=O)O. The summed E-state index contributed by atoms with van der Waals surface area (Å²) >= 11 is 0. The van der Waals surface area contributed by atoms with E-state index in [4.69, 9.17) is 23.7 Å². The van der Waals surface area contributed by atoms with Crippen LogP contribution in [-0.2, 0) is 54.3 Å². The van der Waals surface area contributed by atoms with E-state index in [2.05, 4.69) is 0 Å². The van der Waals surface area contributed by atoms with Crippen LogP contribution in [-0.4, -0.2) is 78.7 Å². The van der Waals surface area contributed by atoms with Crippen LogP contribution < -0.4 is 0 Å². The van der Waals surface area contributed by atoms with Gasteiger partial charge in [-0.3, -0.25) is 24.0 Å². The Morgan fingerprint density at radius 1 is 0.736 bits per heavy atom. The lowest BCUT2D eigenvalue weighted by Crippen LogP contribution is -2.46. The van der Waals surface area contributed by atoms with Crippen molar-refractivity contribution in [3.05, 3.63) is 35.9 Å². The maximum Gasteiger partial charge on any atom is 0.312 e. The van der Waals surface area contributed by atoms with Gasteiger partial charge in [-0.2, -0.15) is 0 Å². The maximum absolute atomic E-state index is 14.2. The molecular formula is C41H74O12. The summed E-state index contributed by atoms with van der Waals surface area (Å²) in [5, 5.41) is 19.8. The van der Waals surface area contributed by atoms with E-state index in [1.54, 1.807) is 79.7 Å². The number of ether oxygens (including phenoxy) is 5. The van der Waals surface area contributed by atoms with Crippen LogP contribution in [0.2, 0.25) is 0 Å². The molecule has 12 nitrogen and oxygen atoms in total. The Labute approximate surface area is 320 Å². The van der Waals surface area contributed by atoms with E-state index >= 15 is 0 Å². The third-order valence-corrected chi connectivity index (χ3v) is 8.19. The minimum atomic E-state index is -1.60. The van der Waals surface area contributed by atoms with Gasteiger partial charge in [0.25, 0.3) is 0 Å². The number of rotatable bonds is 21. The molecule has 0 saturated carbocycles. The van der Waals surface area contributed by atoms with Crippen LogP contribution in [0.1, 0.15) is 130 Å². The number of carbonyl (C=O) groups excluding carboxylic acids is 4. The third-order valence-electron chi connectivity index (χ3n) is 8.19. The van der Waals surface area contributed by atoms with Crippen molar-refractivity contribution in [2.45, 2.75) is 142 Å². The Morgan fingerprint density at radius 3 is 1.75 bits per heavy atom. The molecule has 53 heavy (non-hydrogen) atoms. The van der Waals surface area contributed by atoms with E-state index in [1.807, 2.05) is 6.07 Å². The van der Waals surface area contributed by atoms with Gasteiger partial charge in [0.2, 0.25) is 0 Å². The number of esters is 4. The normalized spacial score (nSPS) is 15.0. The van der Waals surface area contributed by atoms with Crippen LogP contribution in [0.3, 0.4) is 0 Å². The molecule has 0 aliphatic carbocycles. The summed E-state index contributed by atoms with van der Waals surface area (Å²) in [6, 6.07) is 8.96. The van der Waals surface area contributed by atoms with E-state index in [0.29, 0.717) is 5.56 Å². The van der Waals surface area contributed by atoms with Gasteiger partial charge in [-0.25, -0.2) is 0 Å². The number of hydrogen-bond donors (Lipinski definition) is 2. The molecule has 0 bridgehead atoms. The number of carbonyl (C=O) groups is 5. The molecule has 0 amide bonds. The first-order chi connectivity index (χ1) is 22.6. The predicted octanol–water partition coefficient (Wildman–Crippen LogP) is 8.06. The minimum absolute atomic E-state index is 0. The molecular weight excluding hydrogens is 684 g/mol. The Morgan fingerprint density at radius 2 is 1.28 bits per heavy atom. The summed E-state index contributed by atoms with van der Waals surface area (Å²) < 4.78 is 27.4. The number of benzene rings is 1. The zero-order valence-corrected chi connectivity index (χ0v) is 31.0. The summed E-state index contributed by atoms with van der Waals surface area (Å²) in [4.78, 5) is 67.1. The first-order valence-electron chi connectivity index (χ1n) is 16.8. The van der Waals surface area contributed by atoms with Crippen molar-refractivity contribution in [3.63, 3.8) is 0 Å². The van der Waals surface area contributed by atoms with Crippen molar-refractivity contribution in [1.29, 1.82) is 0 Å². The van der Waals surface area contributed by atoms with Crippen molar-refractivity contribution in [1.82, 2.24) is 0 Å². The number of carboxylic acids is 1. The molecule has 310 valence electrons. The Bertz CT molecular complexity index is 1240. The number of methoxy groups -OCH3 is 1. The van der Waals surface area contributed by atoms with Crippen molar-refractivity contribution in [2.75, 3.05) is 26.9 Å².